The smallest absolute Gasteiger partial charge is 0.234 e. The maximum Gasteiger partial charge on any atom is 0.234 e. The van der Waals surface area contributed by atoms with E-state index in [-0.39, 0.29) is 18.4 Å². The van der Waals surface area contributed by atoms with Crippen molar-refractivity contribution in [3.63, 3.8) is 0 Å². The first-order chi connectivity index (χ1) is 15.2. The maximum absolute atomic E-state index is 14.7. The molecule has 0 radical (unpaired) electrons. The van der Waals surface area contributed by atoms with Crippen LogP contribution in [0.3, 0.4) is 0 Å². The number of fused-ring (bicyclic) bond motifs is 1. The van der Waals surface area contributed by atoms with Gasteiger partial charge in [-0.2, -0.15) is 10.2 Å². The van der Waals surface area contributed by atoms with Gasteiger partial charge in [-0.1, -0.05) is 6.07 Å². The van der Waals surface area contributed by atoms with Crippen molar-refractivity contribution in [2.45, 2.75) is 19.4 Å². The summed E-state index contributed by atoms with van der Waals surface area (Å²) in [6.07, 6.45) is 3.45. The van der Waals surface area contributed by atoms with Crippen LogP contribution < -0.4 is 19.1 Å². The number of anilines is 2. The van der Waals surface area contributed by atoms with Crippen molar-refractivity contribution in [2.24, 2.45) is 5.92 Å². The first kappa shape index (κ1) is 19.1. The van der Waals surface area contributed by atoms with Crippen LogP contribution in [0.5, 0.6) is 17.2 Å². The van der Waals surface area contributed by atoms with Crippen LogP contribution >= 0.6 is 0 Å². The lowest BCUT2D eigenvalue weighted by molar-refractivity contribution is 0.174. The van der Waals surface area contributed by atoms with Gasteiger partial charge in [-0.3, -0.25) is 0 Å². The Morgan fingerprint density at radius 2 is 1.94 bits per heavy atom. The van der Waals surface area contributed by atoms with E-state index in [1.807, 2.05) is 48.5 Å². The number of halogens is 1. The summed E-state index contributed by atoms with van der Waals surface area (Å²) in [5, 5.41) is 9.18. The Kier molecular flexibility index (Phi) is 5.00. The van der Waals surface area contributed by atoms with E-state index >= 15 is 0 Å². The molecular weight excluding hydrogens is 399 g/mol. The third kappa shape index (κ3) is 4.21. The molecule has 31 heavy (non-hydrogen) atoms. The first-order valence-corrected chi connectivity index (χ1v) is 10.0. The summed E-state index contributed by atoms with van der Waals surface area (Å²) < 4.78 is 31.3. The van der Waals surface area contributed by atoms with E-state index in [2.05, 4.69) is 9.97 Å². The standard InChI is InChI=1S/C23H19FN4O3/c24-19-11-26-22(10-25)27-23(19)28(12-16-3-8-20-21(9-16)31-14-30-20)17-4-6-18(7-5-17)29-13-15-1-2-15/h3-9,11,15H,1-2,12-14H2. The van der Waals surface area contributed by atoms with E-state index < -0.39 is 5.82 Å². The molecule has 0 amide bonds. The Bertz CT molecular complexity index is 1140. The predicted octanol–water partition coefficient (Wildman–Crippen LogP) is 4.34. The number of benzene rings is 2. The van der Waals surface area contributed by atoms with Crippen LogP contribution in [0.4, 0.5) is 15.9 Å². The molecule has 0 saturated heterocycles. The molecule has 1 aromatic heterocycles. The number of hydrogen-bond acceptors (Lipinski definition) is 7. The number of nitriles is 1. The molecule has 7 nitrogen and oxygen atoms in total. The SMILES string of the molecule is N#Cc1ncc(F)c(N(Cc2ccc3c(c2)OCO3)c2ccc(OCC3CC3)cc2)n1. The fourth-order valence-electron chi connectivity index (χ4n) is 3.33. The molecule has 0 bridgehead atoms. The summed E-state index contributed by atoms with van der Waals surface area (Å²) in [5.74, 6) is 2.04. The van der Waals surface area contributed by atoms with E-state index in [0.717, 1.165) is 17.5 Å². The summed E-state index contributed by atoms with van der Waals surface area (Å²) in [4.78, 5) is 9.53. The van der Waals surface area contributed by atoms with E-state index in [9.17, 15) is 9.65 Å². The molecule has 1 aliphatic carbocycles. The average Bonchev–Trinajstić information content (AvgIpc) is 3.52. The van der Waals surface area contributed by atoms with Crippen LogP contribution in [-0.2, 0) is 6.54 Å². The number of ether oxygens (including phenoxy) is 3. The number of hydrogen-bond donors (Lipinski definition) is 0. The minimum absolute atomic E-state index is 0.0239. The zero-order chi connectivity index (χ0) is 21.2. The maximum atomic E-state index is 14.7. The molecule has 3 aromatic rings. The van der Waals surface area contributed by atoms with Crippen molar-refractivity contribution >= 4 is 11.5 Å². The highest BCUT2D eigenvalue weighted by Crippen LogP contribution is 2.35. The van der Waals surface area contributed by atoms with E-state index in [1.54, 1.807) is 4.90 Å². The van der Waals surface area contributed by atoms with Crippen molar-refractivity contribution in [1.82, 2.24) is 9.97 Å². The molecule has 2 aromatic carbocycles. The van der Waals surface area contributed by atoms with Gasteiger partial charge >= 0.3 is 0 Å². The van der Waals surface area contributed by atoms with Gasteiger partial charge in [0.1, 0.15) is 11.8 Å². The first-order valence-electron chi connectivity index (χ1n) is 10.0. The molecule has 2 heterocycles. The number of nitrogens with zero attached hydrogens (tertiary/aromatic N) is 4. The normalized spacial score (nSPS) is 14.2. The van der Waals surface area contributed by atoms with Crippen LogP contribution in [0.2, 0.25) is 0 Å². The van der Waals surface area contributed by atoms with Gasteiger partial charge in [0.15, 0.2) is 23.1 Å². The molecule has 1 fully saturated rings. The van der Waals surface area contributed by atoms with Crippen LogP contribution in [0.25, 0.3) is 0 Å². The number of rotatable bonds is 7. The van der Waals surface area contributed by atoms with Crippen LogP contribution in [0.1, 0.15) is 24.2 Å². The molecule has 0 atom stereocenters. The molecule has 1 aliphatic heterocycles. The third-order valence-corrected chi connectivity index (χ3v) is 5.19. The van der Waals surface area contributed by atoms with Crippen molar-refractivity contribution in [3.8, 4) is 23.3 Å². The van der Waals surface area contributed by atoms with E-state index in [4.69, 9.17) is 14.2 Å². The summed E-state index contributed by atoms with van der Waals surface area (Å²) >= 11 is 0. The minimum atomic E-state index is -0.617. The highest BCUT2D eigenvalue weighted by molar-refractivity contribution is 5.62. The van der Waals surface area contributed by atoms with Crippen LogP contribution in [0.15, 0.2) is 48.7 Å². The van der Waals surface area contributed by atoms with Gasteiger partial charge < -0.3 is 19.1 Å². The molecular formula is C23H19FN4O3. The average molecular weight is 418 g/mol. The quantitative estimate of drug-likeness (QED) is 0.564. The molecule has 1 saturated carbocycles. The zero-order valence-electron chi connectivity index (χ0n) is 16.6. The molecule has 8 heteroatoms. The summed E-state index contributed by atoms with van der Waals surface area (Å²) in [5.41, 5.74) is 1.58. The van der Waals surface area contributed by atoms with Gasteiger partial charge in [-0.05, 0) is 60.7 Å². The lowest BCUT2D eigenvalue weighted by atomic mass is 10.1. The lowest BCUT2D eigenvalue weighted by Gasteiger charge is -2.24. The summed E-state index contributed by atoms with van der Waals surface area (Å²) in [7, 11) is 0. The molecule has 5 rings (SSSR count). The van der Waals surface area contributed by atoms with E-state index in [1.165, 1.54) is 12.8 Å². The van der Waals surface area contributed by atoms with Gasteiger partial charge in [0.05, 0.1) is 12.8 Å². The fraction of sp³-hybridized carbons (Fsp3) is 0.261. The van der Waals surface area contributed by atoms with Gasteiger partial charge in [0.2, 0.25) is 12.6 Å². The van der Waals surface area contributed by atoms with Gasteiger partial charge in [0.25, 0.3) is 0 Å². The molecule has 0 N–H and O–H groups in total. The largest absolute Gasteiger partial charge is 0.493 e. The summed E-state index contributed by atoms with van der Waals surface area (Å²) in [6, 6.07) is 14.8. The Labute approximate surface area is 178 Å². The monoisotopic (exact) mass is 418 g/mol. The molecule has 156 valence electrons. The Hall–Kier alpha value is -3.86. The second kappa shape index (κ2) is 8.11. The second-order valence-corrected chi connectivity index (χ2v) is 7.50. The third-order valence-electron chi connectivity index (χ3n) is 5.19. The molecule has 0 unspecified atom stereocenters. The highest BCUT2D eigenvalue weighted by Gasteiger charge is 2.23. The van der Waals surface area contributed by atoms with Gasteiger partial charge in [-0.15, -0.1) is 0 Å². The predicted molar refractivity (Wildman–Crippen MR) is 110 cm³/mol. The second-order valence-electron chi connectivity index (χ2n) is 7.50. The van der Waals surface area contributed by atoms with Gasteiger partial charge in [-0.25, -0.2) is 9.37 Å². The Balaban J connectivity index is 1.47. The summed E-state index contributed by atoms with van der Waals surface area (Å²) in [6.45, 7) is 1.20. The highest BCUT2D eigenvalue weighted by atomic mass is 19.1. The Morgan fingerprint density at radius 3 is 2.71 bits per heavy atom. The fourth-order valence-corrected chi connectivity index (χ4v) is 3.33. The molecule has 0 spiro atoms. The Morgan fingerprint density at radius 1 is 1.13 bits per heavy atom. The van der Waals surface area contributed by atoms with Crippen LogP contribution in [-0.4, -0.2) is 23.4 Å². The lowest BCUT2D eigenvalue weighted by Crippen LogP contribution is -2.20. The van der Waals surface area contributed by atoms with Crippen molar-refractivity contribution in [3.05, 3.63) is 65.9 Å². The zero-order valence-corrected chi connectivity index (χ0v) is 16.6. The molecule has 2 aliphatic rings. The number of aromatic nitrogens is 2. The van der Waals surface area contributed by atoms with E-state index in [0.29, 0.717) is 36.3 Å². The topological polar surface area (TPSA) is 80.5 Å². The van der Waals surface area contributed by atoms with Crippen molar-refractivity contribution in [1.29, 1.82) is 5.26 Å². The van der Waals surface area contributed by atoms with Crippen LogP contribution in [0, 0.1) is 23.1 Å². The van der Waals surface area contributed by atoms with Crippen molar-refractivity contribution in [2.75, 3.05) is 18.3 Å². The minimum Gasteiger partial charge on any atom is -0.493 e. The van der Waals surface area contributed by atoms with Gasteiger partial charge in [0, 0.05) is 12.2 Å². The van der Waals surface area contributed by atoms with Crippen molar-refractivity contribution < 1.29 is 18.6 Å².